The number of hydrogen-bond acceptors (Lipinski definition) is 7. The van der Waals surface area contributed by atoms with Crippen molar-refractivity contribution in [3.05, 3.63) is 126 Å². The Morgan fingerprint density at radius 3 is 2.34 bits per heavy atom. The van der Waals surface area contributed by atoms with Gasteiger partial charge in [0.15, 0.2) is 23.8 Å². The van der Waals surface area contributed by atoms with Gasteiger partial charge in [0.2, 0.25) is 5.91 Å². The number of amides is 2. The maximum absolute atomic E-state index is 14.4. The molecule has 9 nitrogen and oxygen atoms in total. The first-order valence-corrected chi connectivity index (χ1v) is 12.3. The van der Waals surface area contributed by atoms with Crippen molar-refractivity contribution in [2.75, 3.05) is 16.4 Å². The molecule has 2 atom stereocenters. The Kier molecular flexibility index (Phi) is 9.15. The number of nitrogens with one attached hydrogen (secondary N) is 2. The van der Waals surface area contributed by atoms with Crippen LogP contribution in [0.3, 0.4) is 0 Å². The van der Waals surface area contributed by atoms with Crippen LogP contribution in [0.1, 0.15) is 17.2 Å². The molecule has 0 aromatic heterocycles. The highest BCUT2D eigenvalue weighted by Crippen LogP contribution is 2.30. The van der Waals surface area contributed by atoms with Crippen LogP contribution in [0, 0.1) is 17.1 Å². The number of phenolic OH excluding ortho intramolecular Hbond substituents is 1. The maximum Gasteiger partial charge on any atom is 0.412 e. The van der Waals surface area contributed by atoms with Gasteiger partial charge in [0.05, 0.1) is 23.0 Å². The second kappa shape index (κ2) is 13.3. The van der Waals surface area contributed by atoms with E-state index >= 15 is 0 Å². The summed E-state index contributed by atoms with van der Waals surface area (Å²) in [6.07, 6.45) is -0.774. The zero-order chi connectivity index (χ0) is 29.2. The standard InChI is InChI=1S/C31H25FN4O5/c32-24-18-21(12-15-27(24)37)30(41-31(39)35-22-13-10-20(19-33)11-14-22)28(40-23-6-2-1-3-7-23)16-17-29(38)36-26-9-5-4-8-25(26)34/h1-18,28,30,37H,34H2,(H,35,39)(H,36,38)/b17-16+/t28-,30-/m1/s1. The summed E-state index contributed by atoms with van der Waals surface area (Å²) in [6, 6.07) is 26.9. The van der Waals surface area contributed by atoms with Crippen LogP contribution in [0.4, 0.5) is 26.2 Å². The predicted octanol–water partition coefficient (Wildman–Crippen LogP) is 5.92. The number of nitrogens with zero attached hydrogens (tertiary/aromatic N) is 1. The number of anilines is 3. The average molecular weight is 553 g/mol. The van der Waals surface area contributed by atoms with Crippen molar-refractivity contribution in [2.45, 2.75) is 12.2 Å². The van der Waals surface area contributed by atoms with Crippen LogP contribution in [0.15, 0.2) is 109 Å². The van der Waals surface area contributed by atoms with Crippen LogP contribution in [0.25, 0.3) is 0 Å². The monoisotopic (exact) mass is 552 g/mol. The lowest BCUT2D eigenvalue weighted by atomic mass is 10.0. The normalized spacial score (nSPS) is 12.1. The molecule has 0 fully saturated rings. The van der Waals surface area contributed by atoms with E-state index < -0.39 is 35.8 Å². The van der Waals surface area contributed by atoms with Gasteiger partial charge < -0.3 is 25.6 Å². The fourth-order valence-electron chi connectivity index (χ4n) is 3.74. The first-order valence-electron chi connectivity index (χ1n) is 12.3. The van der Waals surface area contributed by atoms with Crippen LogP contribution in [0.2, 0.25) is 0 Å². The van der Waals surface area contributed by atoms with E-state index in [-0.39, 0.29) is 5.56 Å². The Hall–Kier alpha value is -5.82. The Bertz CT molecular complexity index is 1590. The summed E-state index contributed by atoms with van der Waals surface area (Å²) < 4.78 is 26.2. The number of nitrogens with two attached hydrogens (primary N) is 1. The van der Waals surface area contributed by atoms with E-state index in [4.69, 9.17) is 20.5 Å². The van der Waals surface area contributed by atoms with Crippen molar-refractivity contribution in [1.29, 1.82) is 5.26 Å². The molecule has 0 spiro atoms. The van der Waals surface area contributed by atoms with Crippen LogP contribution < -0.4 is 21.1 Å². The first-order chi connectivity index (χ1) is 19.8. The highest BCUT2D eigenvalue weighted by molar-refractivity contribution is 6.01. The summed E-state index contributed by atoms with van der Waals surface area (Å²) in [4.78, 5) is 25.7. The summed E-state index contributed by atoms with van der Waals surface area (Å²) >= 11 is 0. The van der Waals surface area contributed by atoms with E-state index in [0.29, 0.717) is 28.4 Å². The Morgan fingerprint density at radius 1 is 0.951 bits per heavy atom. The third-order valence-electron chi connectivity index (χ3n) is 5.76. The number of ether oxygens (including phenoxy) is 2. The Balaban J connectivity index is 1.65. The highest BCUT2D eigenvalue weighted by Gasteiger charge is 2.29. The Morgan fingerprint density at radius 2 is 1.66 bits per heavy atom. The number of carbonyl (C=O) groups excluding carboxylic acids is 2. The molecule has 0 bridgehead atoms. The lowest BCUT2D eigenvalue weighted by Gasteiger charge is -2.26. The smallest absolute Gasteiger partial charge is 0.412 e. The Labute approximate surface area is 235 Å². The van der Waals surface area contributed by atoms with Crippen LogP contribution in [0.5, 0.6) is 11.5 Å². The lowest BCUT2D eigenvalue weighted by Crippen LogP contribution is -2.30. The molecule has 4 rings (SSSR count). The predicted molar refractivity (Wildman–Crippen MR) is 152 cm³/mol. The summed E-state index contributed by atoms with van der Waals surface area (Å²) in [5.74, 6) is -1.69. The largest absolute Gasteiger partial charge is 0.505 e. The molecule has 0 heterocycles. The fraction of sp³-hybridized carbons (Fsp3) is 0.0645. The maximum atomic E-state index is 14.4. The van der Waals surface area contributed by atoms with Crippen molar-refractivity contribution < 1.29 is 28.6 Å². The second-order valence-electron chi connectivity index (χ2n) is 8.68. The molecule has 5 N–H and O–H groups in total. The first kappa shape index (κ1) is 28.2. The molecule has 206 valence electrons. The molecule has 2 amide bonds. The fourth-order valence-corrected chi connectivity index (χ4v) is 3.74. The van der Waals surface area contributed by atoms with E-state index in [1.165, 1.54) is 42.5 Å². The van der Waals surface area contributed by atoms with Crippen molar-refractivity contribution in [2.24, 2.45) is 0 Å². The molecule has 0 aliphatic heterocycles. The molecule has 0 unspecified atom stereocenters. The molecule has 4 aromatic carbocycles. The van der Waals surface area contributed by atoms with Crippen molar-refractivity contribution in [3.8, 4) is 17.6 Å². The minimum absolute atomic E-state index is 0.147. The molecule has 0 saturated heterocycles. The minimum Gasteiger partial charge on any atom is -0.505 e. The van der Waals surface area contributed by atoms with Gasteiger partial charge in [-0.15, -0.1) is 0 Å². The van der Waals surface area contributed by atoms with Gasteiger partial charge in [0, 0.05) is 11.8 Å². The summed E-state index contributed by atoms with van der Waals surface area (Å²) in [7, 11) is 0. The third-order valence-corrected chi connectivity index (χ3v) is 5.76. The van der Waals surface area contributed by atoms with Gasteiger partial charge in [-0.1, -0.05) is 36.4 Å². The van der Waals surface area contributed by atoms with E-state index in [1.807, 2.05) is 6.07 Å². The van der Waals surface area contributed by atoms with Gasteiger partial charge in [-0.2, -0.15) is 5.26 Å². The molecule has 0 saturated carbocycles. The van der Waals surface area contributed by atoms with E-state index in [9.17, 15) is 19.1 Å². The topological polar surface area (TPSA) is 147 Å². The summed E-state index contributed by atoms with van der Waals surface area (Å²) in [5.41, 5.74) is 7.58. The number of rotatable bonds is 9. The van der Waals surface area contributed by atoms with Gasteiger partial charge in [0.1, 0.15) is 5.75 Å². The molecule has 4 aromatic rings. The molecule has 0 radical (unpaired) electrons. The number of carbonyl (C=O) groups is 2. The molecule has 0 aliphatic carbocycles. The number of hydrogen-bond donors (Lipinski definition) is 4. The van der Waals surface area contributed by atoms with Crippen LogP contribution >= 0.6 is 0 Å². The summed E-state index contributed by atoms with van der Waals surface area (Å²) in [5, 5.41) is 24.0. The van der Waals surface area contributed by atoms with Gasteiger partial charge in [-0.3, -0.25) is 10.1 Å². The highest BCUT2D eigenvalue weighted by atomic mass is 19.1. The molecule has 10 heteroatoms. The van der Waals surface area contributed by atoms with E-state index in [0.717, 1.165) is 12.1 Å². The molecule has 41 heavy (non-hydrogen) atoms. The van der Waals surface area contributed by atoms with Gasteiger partial charge in [-0.05, 0) is 72.3 Å². The second-order valence-corrected chi connectivity index (χ2v) is 8.68. The minimum atomic E-state index is -1.28. The summed E-state index contributed by atoms with van der Waals surface area (Å²) in [6.45, 7) is 0. The number of phenols is 1. The van der Waals surface area contributed by atoms with Crippen molar-refractivity contribution in [3.63, 3.8) is 0 Å². The number of para-hydroxylation sites is 3. The molecular formula is C31H25FN4O5. The number of benzene rings is 4. The lowest BCUT2D eigenvalue weighted by molar-refractivity contribution is -0.112. The van der Waals surface area contributed by atoms with E-state index in [1.54, 1.807) is 54.6 Å². The van der Waals surface area contributed by atoms with Crippen molar-refractivity contribution >= 4 is 29.1 Å². The number of nitriles is 1. The van der Waals surface area contributed by atoms with Gasteiger partial charge in [-0.25, -0.2) is 9.18 Å². The average Bonchev–Trinajstić information content (AvgIpc) is 2.98. The number of aromatic hydroxyl groups is 1. The zero-order valence-electron chi connectivity index (χ0n) is 21.5. The molecular weight excluding hydrogens is 527 g/mol. The van der Waals surface area contributed by atoms with E-state index in [2.05, 4.69) is 10.6 Å². The van der Waals surface area contributed by atoms with Gasteiger partial charge >= 0.3 is 6.09 Å². The van der Waals surface area contributed by atoms with Crippen LogP contribution in [-0.4, -0.2) is 23.2 Å². The zero-order valence-corrected chi connectivity index (χ0v) is 21.5. The molecule has 0 aliphatic rings. The number of nitrogen functional groups attached to an aromatic ring is 1. The SMILES string of the molecule is N#Cc1ccc(NC(=O)O[C@H](c2ccc(O)c(F)c2)[C@@H](/C=C/C(=O)Nc2ccccc2N)Oc2ccccc2)cc1. The third kappa shape index (κ3) is 7.84. The number of halogens is 1. The van der Waals surface area contributed by atoms with Crippen molar-refractivity contribution in [1.82, 2.24) is 0 Å². The van der Waals surface area contributed by atoms with Crippen LogP contribution in [-0.2, 0) is 9.53 Å². The van der Waals surface area contributed by atoms with Gasteiger partial charge in [0.25, 0.3) is 0 Å². The quantitative estimate of drug-likeness (QED) is 0.149.